The van der Waals surface area contributed by atoms with E-state index in [4.69, 9.17) is 11.6 Å². The maximum atomic E-state index is 6.02. The van der Waals surface area contributed by atoms with Crippen molar-refractivity contribution in [1.29, 1.82) is 0 Å². The highest BCUT2D eigenvalue weighted by atomic mass is 35.5. The van der Waals surface area contributed by atoms with Gasteiger partial charge in [0.05, 0.1) is 0 Å². The number of rotatable bonds is 4. The Kier molecular flexibility index (Phi) is 3.82. The molecule has 0 atom stereocenters. The Bertz CT molecular complexity index is 505. The van der Waals surface area contributed by atoms with E-state index >= 15 is 0 Å². The summed E-state index contributed by atoms with van der Waals surface area (Å²) in [4.78, 5) is 4.34. The van der Waals surface area contributed by atoms with Crippen molar-refractivity contribution in [3.05, 3.63) is 52.6 Å². The molecule has 0 saturated heterocycles. The van der Waals surface area contributed by atoms with Crippen LogP contribution in [0.2, 0.25) is 5.02 Å². The third kappa shape index (κ3) is 2.87. The Hall–Kier alpha value is -1.32. The summed E-state index contributed by atoms with van der Waals surface area (Å²) in [5.41, 5.74) is 2.49. The zero-order chi connectivity index (χ0) is 12.3. The highest BCUT2D eigenvalue weighted by molar-refractivity contribution is 6.30. The summed E-state index contributed by atoms with van der Waals surface area (Å²) in [7, 11) is 3.95. The lowest BCUT2D eigenvalue weighted by Crippen LogP contribution is -2.09. The maximum absolute atomic E-state index is 6.02. The number of halogens is 1. The molecule has 0 bridgehead atoms. The average Bonchev–Trinajstić information content (AvgIpc) is 2.69. The predicted octanol–water partition coefficient (Wildman–Crippen LogP) is 2.38. The van der Waals surface area contributed by atoms with Crippen molar-refractivity contribution in [1.82, 2.24) is 14.9 Å². The van der Waals surface area contributed by atoms with Gasteiger partial charge in [-0.2, -0.15) is 0 Å². The first-order chi connectivity index (χ1) is 8.20. The maximum Gasteiger partial charge on any atom is 0.112 e. The van der Waals surface area contributed by atoms with E-state index in [2.05, 4.69) is 16.4 Å². The standard InChI is InChI=1S/C13H16ClN3/c1-15-9-11-7-12(14)4-3-10(11)8-13-16-5-6-17(13)2/h3-7,15H,8-9H2,1-2H3. The fourth-order valence-electron chi connectivity index (χ4n) is 1.86. The molecule has 0 fully saturated rings. The van der Waals surface area contributed by atoms with Gasteiger partial charge in [0.2, 0.25) is 0 Å². The predicted molar refractivity (Wildman–Crippen MR) is 70.2 cm³/mol. The van der Waals surface area contributed by atoms with E-state index in [1.165, 1.54) is 11.1 Å². The summed E-state index contributed by atoms with van der Waals surface area (Å²) in [5.74, 6) is 1.06. The zero-order valence-corrected chi connectivity index (χ0v) is 10.8. The Labute approximate surface area is 106 Å². The van der Waals surface area contributed by atoms with E-state index in [9.17, 15) is 0 Å². The van der Waals surface area contributed by atoms with Crippen LogP contribution in [-0.2, 0) is 20.0 Å². The first-order valence-corrected chi connectivity index (χ1v) is 5.96. The first kappa shape index (κ1) is 12.1. The molecule has 0 unspecified atom stereocenters. The summed E-state index contributed by atoms with van der Waals surface area (Å²) in [5, 5.41) is 3.94. The van der Waals surface area contributed by atoms with Crippen LogP contribution in [0, 0.1) is 0 Å². The van der Waals surface area contributed by atoms with Gasteiger partial charge in [-0.1, -0.05) is 17.7 Å². The molecule has 0 amide bonds. The summed E-state index contributed by atoms with van der Waals surface area (Å²) >= 11 is 6.02. The van der Waals surface area contributed by atoms with Crippen LogP contribution in [-0.4, -0.2) is 16.6 Å². The van der Waals surface area contributed by atoms with Crippen LogP contribution in [0.3, 0.4) is 0 Å². The number of aryl methyl sites for hydroxylation is 1. The molecule has 2 aromatic rings. The second-order valence-corrected chi connectivity index (χ2v) is 4.51. The van der Waals surface area contributed by atoms with Crippen molar-refractivity contribution in [3.8, 4) is 0 Å². The topological polar surface area (TPSA) is 29.9 Å². The lowest BCUT2D eigenvalue weighted by molar-refractivity contribution is 0.787. The average molecular weight is 250 g/mol. The zero-order valence-electron chi connectivity index (χ0n) is 10.1. The molecule has 0 spiro atoms. The quantitative estimate of drug-likeness (QED) is 0.902. The van der Waals surface area contributed by atoms with Crippen molar-refractivity contribution >= 4 is 11.6 Å². The molecule has 0 aliphatic heterocycles. The third-order valence-electron chi connectivity index (χ3n) is 2.81. The van der Waals surface area contributed by atoms with Gasteiger partial charge in [0, 0.05) is 37.4 Å². The van der Waals surface area contributed by atoms with Crippen molar-refractivity contribution in [2.45, 2.75) is 13.0 Å². The van der Waals surface area contributed by atoms with Gasteiger partial charge < -0.3 is 9.88 Å². The molecule has 4 heteroatoms. The van der Waals surface area contributed by atoms with E-state index in [1.54, 1.807) is 0 Å². The minimum Gasteiger partial charge on any atom is -0.338 e. The van der Waals surface area contributed by atoms with Gasteiger partial charge in [0.25, 0.3) is 0 Å². The minimum absolute atomic E-state index is 0.777. The van der Waals surface area contributed by atoms with Crippen molar-refractivity contribution in [2.75, 3.05) is 7.05 Å². The van der Waals surface area contributed by atoms with Crippen LogP contribution in [0.4, 0.5) is 0 Å². The second kappa shape index (κ2) is 5.34. The van der Waals surface area contributed by atoms with Crippen LogP contribution in [0.1, 0.15) is 17.0 Å². The summed E-state index contributed by atoms with van der Waals surface area (Å²) < 4.78 is 2.04. The number of nitrogens with one attached hydrogen (secondary N) is 1. The van der Waals surface area contributed by atoms with Crippen molar-refractivity contribution in [2.24, 2.45) is 7.05 Å². The van der Waals surface area contributed by atoms with Gasteiger partial charge in [0.15, 0.2) is 0 Å². The van der Waals surface area contributed by atoms with Crippen LogP contribution < -0.4 is 5.32 Å². The Morgan fingerprint density at radius 1 is 1.35 bits per heavy atom. The van der Waals surface area contributed by atoms with E-state index in [1.807, 2.05) is 43.2 Å². The monoisotopic (exact) mass is 249 g/mol. The lowest BCUT2D eigenvalue weighted by atomic mass is 10.0. The van der Waals surface area contributed by atoms with Crippen molar-refractivity contribution in [3.63, 3.8) is 0 Å². The van der Waals surface area contributed by atoms with Gasteiger partial charge in [-0.25, -0.2) is 4.98 Å². The Morgan fingerprint density at radius 2 is 2.18 bits per heavy atom. The molecule has 1 aromatic heterocycles. The van der Waals surface area contributed by atoms with Gasteiger partial charge in [-0.3, -0.25) is 0 Å². The SMILES string of the molecule is CNCc1cc(Cl)ccc1Cc1nccn1C. The van der Waals surface area contributed by atoms with Crippen LogP contribution in [0.25, 0.3) is 0 Å². The third-order valence-corrected chi connectivity index (χ3v) is 3.04. The summed E-state index contributed by atoms with van der Waals surface area (Å²) in [6.07, 6.45) is 4.61. The molecule has 1 aromatic carbocycles. The van der Waals surface area contributed by atoms with Gasteiger partial charge >= 0.3 is 0 Å². The van der Waals surface area contributed by atoms with E-state index in [0.717, 1.165) is 23.8 Å². The number of nitrogens with zero attached hydrogens (tertiary/aromatic N) is 2. The molecule has 0 aliphatic carbocycles. The van der Waals surface area contributed by atoms with E-state index in [-0.39, 0.29) is 0 Å². The van der Waals surface area contributed by atoms with Crippen molar-refractivity contribution < 1.29 is 0 Å². The summed E-state index contributed by atoms with van der Waals surface area (Å²) in [6, 6.07) is 6.01. The first-order valence-electron chi connectivity index (χ1n) is 5.59. The Morgan fingerprint density at radius 3 is 2.82 bits per heavy atom. The second-order valence-electron chi connectivity index (χ2n) is 4.07. The fraction of sp³-hybridized carbons (Fsp3) is 0.308. The highest BCUT2D eigenvalue weighted by Gasteiger charge is 2.06. The number of hydrogen-bond acceptors (Lipinski definition) is 2. The fourth-order valence-corrected chi connectivity index (χ4v) is 2.05. The highest BCUT2D eigenvalue weighted by Crippen LogP contribution is 2.18. The van der Waals surface area contributed by atoms with Crippen LogP contribution in [0.15, 0.2) is 30.6 Å². The number of benzene rings is 1. The molecule has 0 radical (unpaired) electrons. The van der Waals surface area contributed by atoms with Crippen LogP contribution >= 0.6 is 11.6 Å². The molecular formula is C13H16ClN3. The van der Waals surface area contributed by atoms with E-state index in [0.29, 0.717) is 0 Å². The lowest BCUT2D eigenvalue weighted by Gasteiger charge is -2.09. The van der Waals surface area contributed by atoms with Crippen LogP contribution in [0.5, 0.6) is 0 Å². The molecule has 0 saturated carbocycles. The molecule has 0 aliphatic rings. The van der Waals surface area contributed by atoms with E-state index < -0.39 is 0 Å². The number of aromatic nitrogens is 2. The minimum atomic E-state index is 0.777. The number of imidazole rings is 1. The smallest absolute Gasteiger partial charge is 0.112 e. The molecular weight excluding hydrogens is 234 g/mol. The van der Waals surface area contributed by atoms with Gasteiger partial charge in [0.1, 0.15) is 5.82 Å². The molecule has 1 N–H and O–H groups in total. The summed E-state index contributed by atoms with van der Waals surface area (Å²) in [6.45, 7) is 0.820. The largest absolute Gasteiger partial charge is 0.338 e. The molecule has 2 rings (SSSR count). The Balaban J connectivity index is 2.29. The molecule has 1 heterocycles. The van der Waals surface area contributed by atoms with Gasteiger partial charge in [-0.05, 0) is 30.3 Å². The molecule has 3 nitrogen and oxygen atoms in total. The number of hydrogen-bond donors (Lipinski definition) is 1. The molecule has 90 valence electrons. The normalized spacial score (nSPS) is 10.8. The van der Waals surface area contributed by atoms with Gasteiger partial charge in [-0.15, -0.1) is 0 Å². The molecule has 17 heavy (non-hydrogen) atoms.